The van der Waals surface area contributed by atoms with E-state index in [9.17, 15) is 4.39 Å². The van der Waals surface area contributed by atoms with E-state index in [1.54, 1.807) is 12.3 Å². The molecule has 0 aliphatic carbocycles. The van der Waals surface area contributed by atoms with Gasteiger partial charge < -0.3 is 14.5 Å². The maximum Gasteiger partial charge on any atom is 0.146 e. The second-order valence-electron chi connectivity index (χ2n) is 5.59. The molecule has 0 aliphatic rings. The van der Waals surface area contributed by atoms with E-state index in [1.807, 2.05) is 13.0 Å². The van der Waals surface area contributed by atoms with Crippen LogP contribution in [0.1, 0.15) is 30.7 Å². The van der Waals surface area contributed by atoms with E-state index >= 15 is 0 Å². The van der Waals surface area contributed by atoms with Gasteiger partial charge in [0.2, 0.25) is 0 Å². The van der Waals surface area contributed by atoms with Gasteiger partial charge in [0.15, 0.2) is 0 Å². The summed E-state index contributed by atoms with van der Waals surface area (Å²) >= 11 is 0. The zero-order chi connectivity index (χ0) is 15.2. The van der Waals surface area contributed by atoms with Crippen molar-refractivity contribution in [2.75, 3.05) is 6.54 Å². The molecule has 0 saturated carbocycles. The Morgan fingerprint density at radius 2 is 2.10 bits per heavy atom. The number of ether oxygens (including phenoxy) is 1. The van der Waals surface area contributed by atoms with Crippen molar-refractivity contribution in [3.05, 3.63) is 53.2 Å². The number of hydrogen-bond donors (Lipinski definition) is 1. The molecule has 0 saturated heterocycles. The Kier molecular flexibility index (Phi) is 5.39. The highest BCUT2D eigenvalue weighted by molar-refractivity contribution is 5.33. The van der Waals surface area contributed by atoms with Gasteiger partial charge in [-0.2, -0.15) is 0 Å². The average Bonchev–Trinajstić information content (AvgIpc) is 2.87. The predicted octanol–water partition coefficient (Wildman–Crippen LogP) is 4.05. The van der Waals surface area contributed by atoms with Gasteiger partial charge in [0.25, 0.3) is 0 Å². The normalized spacial score (nSPS) is 11.1. The molecular weight excluding hydrogens is 269 g/mol. The molecule has 0 unspecified atom stereocenters. The third-order valence-corrected chi connectivity index (χ3v) is 3.21. The summed E-state index contributed by atoms with van der Waals surface area (Å²) in [5.41, 5.74) is 1.98. The Balaban J connectivity index is 1.94. The van der Waals surface area contributed by atoms with Crippen molar-refractivity contribution in [2.45, 2.75) is 33.9 Å². The van der Waals surface area contributed by atoms with Crippen molar-refractivity contribution in [1.29, 1.82) is 0 Å². The van der Waals surface area contributed by atoms with Crippen LogP contribution in [0.5, 0.6) is 5.75 Å². The minimum atomic E-state index is -0.297. The number of halogens is 1. The molecule has 1 N–H and O–H groups in total. The molecule has 0 bridgehead atoms. The maximum atomic E-state index is 13.2. The SMILES string of the molecule is Cc1ccc(F)cc1OCc1occc1CNCC(C)C. The first-order chi connectivity index (χ1) is 10.1. The molecule has 2 aromatic rings. The minimum Gasteiger partial charge on any atom is -0.485 e. The number of furan rings is 1. The lowest BCUT2D eigenvalue weighted by molar-refractivity contribution is 0.265. The summed E-state index contributed by atoms with van der Waals surface area (Å²) in [4.78, 5) is 0. The second kappa shape index (κ2) is 7.27. The number of hydrogen-bond acceptors (Lipinski definition) is 3. The van der Waals surface area contributed by atoms with Crippen LogP contribution in [0.15, 0.2) is 34.9 Å². The lowest BCUT2D eigenvalue weighted by Gasteiger charge is -2.10. The maximum absolute atomic E-state index is 13.2. The summed E-state index contributed by atoms with van der Waals surface area (Å²) in [7, 11) is 0. The summed E-state index contributed by atoms with van der Waals surface area (Å²) < 4.78 is 24.3. The highest BCUT2D eigenvalue weighted by atomic mass is 19.1. The van der Waals surface area contributed by atoms with Crippen LogP contribution in [-0.2, 0) is 13.2 Å². The first-order valence-corrected chi connectivity index (χ1v) is 7.21. The number of rotatable bonds is 7. The van der Waals surface area contributed by atoms with Crippen LogP contribution in [0.4, 0.5) is 4.39 Å². The molecule has 0 spiro atoms. The molecule has 0 atom stereocenters. The zero-order valence-electron chi connectivity index (χ0n) is 12.8. The quantitative estimate of drug-likeness (QED) is 0.835. The third kappa shape index (κ3) is 4.60. The Morgan fingerprint density at radius 1 is 1.29 bits per heavy atom. The van der Waals surface area contributed by atoms with E-state index < -0.39 is 0 Å². The molecule has 0 amide bonds. The van der Waals surface area contributed by atoms with Crippen molar-refractivity contribution < 1.29 is 13.5 Å². The Hall–Kier alpha value is -1.81. The summed E-state index contributed by atoms with van der Waals surface area (Å²) in [5.74, 6) is 1.63. The fraction of sp³-hybridized carbons (Fsp3) is 0.412. The van der Waals surface area contributed by atoms with Crippen LogP contribution in [-0.4, -0.2) is 6.54 Å². The molecule has 1 heterocycles. The van der Waals surface area contributed by atoms with Crippen LogP contribution < -0.4 is 10.1 Å². The smallest absolute Gasteiger partial charge is 0.146 e. The van der Waals surface area contributed by atoms with E-state index in [0.29, 0.717) is 18.3 Å². The zero-order valence-corrected chi connectivity index (χ0v) is 12.8. The predicted molar refractivity (Wildman–Crippen MR) is 80.7 cm³/mol. The van der Waals surface area contributed by atoms with Gasteiger partial charge in [-0.1, -0.05) is 19.9 Å². The van der Waals surface area contributed by atoms with Gasteiger partial charge in [0.05, 0.1) is 6.26 Å². The van der Waals surface area contributed by atoms with Gasteiger partial charge in [0, 0.05) is 18.2 Å². The van der Waals surface area contributed by atoms with E-state index in [4.69, 9.17) is 9.15 Å². The van der Waals surface area contributed by atoms with Crippen molar-refractivity contribution >= 4 is 0 Å². The molecule has 2 rings (SSSR count). The Labute approximate surface area is 125 Å². The largest absolute Gasteiger partial charge is 0.485 e. The van der Waals surface area contributed by atoms with Gasteiger partial charge in [0.1, 0.15) is 23.9 Å². The first kappa shape index (κ1) is 15.6. The molecule has 1 aromatic heterocycles. The second-order valence-corrected chi connectivity index (χ2v) is 5.59. The third-order valence-electron chi connectivity index (χ3n) is 3.21. The molecule has 3 nitrogen and oxygen atoms in total. The summed E-state index contributed by atoms with van der Waals surface area (Å²) in [6.07, 6.45) is 1.66. The van der Waals surface area contributed by atoms with Crippen molar-refractivity contribution in [3.63, 3.8) is 0 Å². The first-order valence-electron chi connectivity index (χ1n) is 7.21. The Morgan fingerprint density at radius 3 is 2.86 bits per heavy atom. The van der Waals surface area contributed by atoms with E-state index in [0.717, 1.165) is 30.0 Å². The van der Waals surface area contributed by atoms with Gasteiger partial charge in [-0.15, -0.1) is 0 Å². The van der Waals surface area contributed by atoms with Gasteiger partial charge in [-0.25, -0.2) is 4.39 Å². The molecular formula is C17H22FNO2. The van der Waals surface area contributed by atoms with Crippen LogP contribution in [0.3, 0.4) is 0 Å². The molecule has 0 radical (unpaired) electrons. The van der Waals surface area contributed by atoms with E-state index in [2.05, 4.69) is 19.2 Å². The highest BCUT2D eigenvalue weighted by Crippen LogP contribution is 2.21. The van der Waals surface area contributed by atoms with Crippen molar-refractivity contribution in [2.24, 2.45) is 5.92 Å². The number of benzene rings is 1. The van der Waals surface area contributed by atoms with E-state index in [1.165, 1.54) is 12.1 Å². The summed E-state index contributed by atoms with van der Waals surface area (Å²) in [5, 5.41) is 3.37. The van der Waals surface area contributed by atoms with E-state index in [-0.39, 0.29) is 5.82 Å². The van der Waals surface area contributed by atoms with Gasteiger partial charge >= 0.3 is 0 Å². The fourth-order valence-electron chi connectivity index (χ4n) is 2.02. The standard InChI is InChI=1S/C17H22FNO2/c1-12(2)9-19-10-14-6-7-20-17(14)11-21-16-8-15(18)5-4-13(16)3/h4-8,12,19H,9-11H2,1-3H3. The van der Waals surface area contributed by atoms with Crippen molar-refractivity contribution in [3.8, 4) is 5.75 Å². The molecule has 114 valence electrons. The molecule has 0 aliphatic heterocycles. The molecule has 1 aromatic carbocycles. The highest BCUT2D eigenvalue weighted by Gasteiger charge is 2.09. The molecule has 4 heteroatoms. The van der Waals surface area contributed by atoms with Crippen LogP contribution in [0, 0.1) is 18.7 Å². The van der Waals surface area contributed by atoms with Crippen molar-refractivity contribution in [1.82, 2.24) is 5.32 Å². The molecule has 21 heavy (non-hydrogen) atoms. The lowest BCUT2D eigenvalue weighted by Crippen LogP contribution is -2.19. The van der Waals surface area contributed by atoms with Gasteiger partial charge in [-0.05, 0) is 37.1 Å². The van der Waals surface area contributed by atoms with Crippen LogP contribution in [0.2, 0.25) is 0 Å². The lowest BCUT2D eigenvalue weighted by atomic mass is 10.2. The number of aryl methyl sites for hydroxylation is 1. The van der Waals surface area contributed by atoms with Crippen LogP contribution in [0.25, 0.3) is 0 Å². The molecule has 0 fully saturated rings. The monoisotopic (exact) mass is 291 g/mol. The summed E-state index contributed by atoms with van der Waals surface area (Å²) in [6, 6.07) is 6.47. The number of nitrogens with one attached hydrogen (secondary N) is 1. The fourth-order valence-corrected chi connectivity index (χ4v) is 2.02. The minimum absolute atomic E-state index is 0.297. The average molecular weight is 291 g/mol. The Bertz CT molecular complexity index is 578. The van der Waals surface area contributed by atoms with Crippen LogP contribution >= 0.6 is 0 Å². The topological polar surface area (TPSA) is 34.4 Å². The van der Waals surface area contributed by atoms with Gasteiger partial charge in [-0.3, -0.25) is 0 Å². The summed E-state index contributed by atoms with van der Waals surface area (Å²) in [6.45, 7) is 8.22.